The summed E-state index contributed by atoms with van der Waals surface area (Å²) in [6, 6.07) is 12.6. The summed E-state index contributed by atoms with van der Waals surface area (Å²) in [5.74, 6) is 1.14. The summed E-state index contributed by atoms with van der Waals surface area (Å²) in [5, 5.41) is 0. The van der Waals surface area contributed by atoms with Crippen molar-refractivity contribution < 1.29 is 13.2 Å². The molecule has 2 N–H and O–H groups in total. The van der Waals surface area contributed by atoms with Crippen molar-refractivity contribution >= 4 is 27.7 Å². The first-order chi connectivity index (χ1) is 10.1. The first-order valence-corrected chi connectivity index (χ1v) is 8.99. The highest BCUT2D eigenvalue weighted by Gasteiger charge is 2.27. The van der Waals surface area contributed by atoms with Crippen LogP contribution in [0.5, 0.6) is 11.5 Å². The number of benzene rings is 2. The molecular formula is C14H14N2O3S2. The molecular weight excluding hydrogens is 308 g/mol. The maximum atomic E-state index is 11.9. The minimum atomic E-state index is -3.42. The van der Waals surface area contributed by atoms with Crippen molar-refractivity contribution in [3.63, 3.8) is 0 Å². The van der Waals surface area contributed by atoms with Crippen LogP contribution in [0.4, 0.5) is 5.69 Å². The Labute approximate surface area is 127 Å². The van der Waals surface area contributed by atoms with Crippen molar-refractivity contribution in [3.05, 3.63) is 48.0 Å². The molecule has 0 amide bonds. The Balaban J connectivity index is 2.05. The molecule has 7 heteroatoms. The SMILES string of the molecule is CSNc1cc2c(cc1Oc1ccccc1)S(=O)(=O)NC2. The van der Waals surface area contributed by atoms with Crippen molar-refractivity contribution in [2.24, 2.45) is 0 Å². The second-order valence-corrected chi connectivity index (χ2v) is 6.85. The largest absolute Gasteiger partial charge is 0.455 e. The number of fused-ring (bicyclic) bond motifs is 1. The summed E-state index contributed by atoms with van der Waals surface area (Å²) in [5.41, 5.74) is 1.50. The lowest BCUT2D eigenvalue weighted by atomic mass is 10.2. The number of ether oxygens (including phenoxy) is 1. The molecule has 0 aromatic heterocycles. The van der Waals surface area contributed by atoms with E-state index in [-0.39, 0.29) is 4.90 Å². The molecule has 0 unspecified atom stereocenters. The van der Waals surface area contributed by atoms with Crippen LogP contribution in [0, 0.1) is 0 Å². The Kier molecular flexibility index (Phi) is 3.79. The third-order valence-corrected chi connectivity index (χ3v) is 5.00. The fourth-order valence-corrected chi connectivity index (χ4v) is 3.75. The van der Waals surface area contributed by atoms with E-state index in [0.717, 1.165) is 11.3 Å². The molecule has 110 valence electrons. The van der Waals surface area contributed by atoms with Gasteiger partial charge in [-0.05, 0) is 23.8 Å². The van der Waals surface area contributed by atoms with Gasteiger partial charge in [0.1, 0.15) is 5.75 Å². The highest BCUT2D eigenvalue weighted by atomic mass is 32.2. The third-order valence-electron chi connectivity index (χ3n) is 3.09. The van der Waals surface area contributed by atoms with E-state index in [1.807, 2.05) is 42.7 Å². The van der Waals surface area contributed by atoms with Crippen LogP contribution in [0.3, 0.4) is 0 Å². The lowest BCUT2D eigenvalue weighted by molar-refractivity contribution is 0.483. The Morgan fingerprint density at radius 2 is 2.00 bits per heavy atom. The minimum Gasteiger partial charge on any atom is -0.455 e. The van der Waals surface area contributed by atoms with Gasteiger partial charge in [0.15, 0.2) is 5.75 Å². The molecule has 0 bridgehead atoms. The quantitative estimate of drug-likeness (QED) is 0.847. The third kappa shape index (κ3) is 2.85. The molecule has 5 nitrogen and oxygen atoms in total. The smallest absolute Gasteiger partial charge is 0.241 e. The normalized spacial score (nSPS) is 15.5. The second-order valence-electron chi connectivity index (χ2n) is 4.50. The van der Waals surface area contributed by atoms with Gasteiger partial charge in [-0.2, -0.15) is 0 Å². The maximum absolute atomic E-state index is 11.9. The molecule has 3 rings (SSSR count). The lowest BCUT2D eigenvalue weighted by Gasteiger charge is -2.13. The molecule has 1 aliphatic rings. The molecule has 2 aromatic carbocycles. The first-order valence-electron chi connectivity index (χ1n) is 6.28. The van der Waals surface area contributed by atoms with Crippen molar-refractivity contribution in [3.8, 4) is 11.5 Å². The van der Waals surface area contributed by atoms with E-state index in [2.05, 4.69) is 9.44 Å². The molecule has 0 saturated heterocycles. The molecule has 0 spiro atoms. The Bertz CT molecular complexity index is 761. The molecule has 1 aliphatic heterocycles. The van der Waals surface area contributed by atoms with E-state index >= 15 is 0 Å². The average Bonchev–Trinajstić information content (AvgIpc) is 2.76. The van der Waals surface area contributed by atoms with Crippen LogP contribution in [-0.4, -0.2) is 14.7 Å². The van der Waals surface area contributed by atoms with Gasteiger partial charge in [0.25, 0.3) is 0 Å². The number of anilines is 1. The zero-order chi connectivity index (χ0) is 14.9. The standard InChI is InChI=1S/C14H14N2O3S2/c1-20-16-12-7-10-9-15-21(17,18)14(10)8-13(12)19-11-5-3-2-4-6-11/h2-8,15-16H,9H2,1H3. The molecule has 0 atom stereocenters. The van der Waals surface area contributed by atoms with Gasteiger partial charge in [-0.25, -0.2) is 13.1 Å². The molecule has 21 heavy (non-hydrogen) atoms. The summed E-state index contributed by atoms with van der Waals surface area (Å²) >= 11 is 1.42. The van der Waals surface area contributed by atoms with Gasteiger partial charge in [0.05, 0.1) is 10.6 Å². The van der Waals surface area contributed by atoms with Gasteiger partial charge in [-0.3, -0.25) is 0 Å². The van der Waals surface area contributed by atoms with E-state index in [1.54, 1.807) is 6.07 Å². The van der Waals surface area contributed by atoms with E-state index in [4.69, 9.17) is 4.74 Å². The number of hydrogen-bond donors (Lipinski definition) is 2. The monoisotopic (exact) mass is 322 g/mol. The van der Waals surface area contributed by atoms with Gasteiger partial charge >= 0.3 is 0 Å². The maximum Gasteiger partial charge on any atom is 0.241 e. The van der Waals surface area contributed by atoms with Crippen LogP contribution in [0.1, 0.15) is 5.56 Å². The van der Waals surface area contributed by atoms with Gasteiger partial charge < -0.3 is 9.46 Å². The van der Waals surface area contributed by atoms with E-state index in [0.29, 0.717) is 18.0 Å². The number of para-hydroxylation sites is 1. The second kappa shape index (κ2) is 5.59. The molecule has 1 heterocycles. The van der Waals surface area contributed by atoms with Gasteiger partial charge in [-0.1, -0.05) is 30.1 Å². The van der Waals surface area contributed by atoms with Crippen LogP contribution >= 0.6 is 11.9 Å². The van der Waals surface area contributed by atoms with Crippen molar-refractivity contribution in [1.29, 1.82) is 0 Å². The van der Waals surface area contributed by atoms with Crippen LogP contribution in [0.2, 0.25) is 0 Å². The van der Waals surface area contributed by atoms with Gasteiger partial charge in [-0.15, -0.1) is 0 Å². The van der Waals surface area contributed by atoms with E-state index in [9.17, 15) is 8.42 Å². The summed E-state index contributed by atoms with van der Waals surface area (Å²) in [6.45, 7) is 0.312. The van der Waals surface area contributed by atoms with Crippen molar-refractivity contribution in [2.45, 2.75) is 11.4 Å². The van der Waals surface area contributed by atoms with Crippen molar-refractivity contribution in [1.82, 2.24) is 4.72 Å². The van der Waals surface area contributed by atoms with E-state index in [1.165, 1.54) is 11.9 Å². The lowest BCUT2D eigenvalue weighted by Crippen LogP contribution is -2.13. The Morgan fingerprint density at radius 3 is 2.71 bits per heavy atom. The summed E-state index contributed by atoms with van der Waals surface area (Å²) in [7, 11) is -3.42. The molecule has 0 aliphatic carbocycles. The van der Waals surface area contributed by atoms with Crippen molar-refractivity contribution in [2.75, 3.05) is 11.0 Å². The highest BCUT2D eigenvalue weighted by Crippen LogP contribution is 2.37. The fourth-order valence-electron chi connectivity index (χ4n) is 2.13. The summed E-state index contributed by atoms with van der Waals surface area (Å²) in [6.07, 6.45) is 1.90. The number of rotatable bonds is 4. The van der Waals surface area contributed by atoms with Gasteiger partial charge in [0.2, 0.25) is 10.0 Å². The van der Waals surface area contributed by atoms with Crippen LogP contribution in [0.15, 0.2) is 47.4 Å². The average molecular weight is 322 g/mol. The molecule has 0 saturated carbocycles. The number of sulfonamides is 1. The van der Waals surface area contributed by atoms with Crippen LogP contribution < -0.4 is 14.2 Å². The first kappa shape index (κ1) is 14.2. The van der Waals surface area contributed by atoms with E-state index < -0.39 is 10.0 Å². The number of nitrogens with one attached hydrogen (secondary N) is 2. The molecule has 0 radical (unpaired) electrons. The zero-order valence-electron chi connectivity index (χ0n) is 11.3. The van der Waals surface area contributed by atoms with Crippen LogP contribution in [-0.2, 0) is 16.6 Å². The predicted molar refractivity (Wildman–Crippen MR) is 84.1 cm³/mol. The highest BCUT2D eigenvalue weighted by molar-refractivity contribution is 7.99. The molecule has 2 aromatic rings. The topological polar surface area (TPSA) is 67.4 Å². The predicted octanol–water partition coefficient (Wildman–Crippen LogP) is 2.96. The Morgan fingerprint density at radius 1 is 1.24 bits per heavy atom. The fraction of sp³-hybridized carbons (Fsp3) is 0.143. The summed E-state index contributed by atoms with van der Waals surface area (Å²) < 4.78 is 35.3. The summed E-state index contributed by atoms with van der Waals surface area (Å²) in [4.78, 5) is 0.278. The van der Waals surface area contributed by atoms with Crippen LogP contribution in [0.25, 0.3) is 0 Å². The number of hydrogen-bond acceptors (Lipinski definition) is 5. The Hall–Kier alpha value is -1.70. The molecule has 0 fully saturated rings. The zero-order valence-corrected chi connectivity index (χ0v) is 12.9. The minimum absolute atomic E-state index is 0.278. The van der Waals surface area contributed by atoms with Gasteiger partial charge in [0, 0.05) is 18.9 Å².